The highest BCUT2D eigenvalue weighted by Gasteiger charge is 2.19. The zero-order valence-electron chi connectivity index (χ0n) is 20.1. The molecule has 0 spiro atoms. The summed E-state index contributed by atoms with van der Waals surface area (Å²) in [5.74, 6) is 0.198. The van der Waals surface area contributed by atoms with Crippen LogP contribution in [-0.4, -0.2) is 88.3 Å². The van der Waals surface area contributed by atoms with E-state index >= 15 is 0 Å². The van der Waals surface area contributed by atoms with Gasteiger partial charge in [0.2, 0.25) is 10.6 Å². The molecule has 0 bridgehead atoms. The van der Waals surface area contributed by atoms with Gasteiger partial charge in [0.05, 0.1) is 10.7 Å². The van der Waals surface area contributed by atoms with E-state index in [0.29, 0.717) is 10.7 Å². The van der Waals surface area contributed by atoms with Crippen molar-refractivity contribution in [1.82, 2.24) is 20.0 Å². The van der Waals surface area contributed by atoms with Gasteiger partial charge in [-0.3, -0.25) is 19.4 Å². The molecule has 9 heteroatoms. The molecule has 0 atom stereocenters. The lowest BCUT2D eigenvalue weighted by molar-refractivity contribution is -0.130. The number of rotatable bonds is 6. The summed E-state index contributed by atoms with van der Waals surface area (Å²) in [4.78, 5) is 28.0. The van der Waals surface area contributed by atoms with Gasteiger partial charge in [-0.05, 0) is 27.1 Å². The minimum absolute atomic E-state index is 0.0162. The molecular weight excluding hydrogens is 640 g/mol. The van der Waals surface area contributed by atoms with Crippen LogP contribution in [0.25, 0.3) is 0 Å². The lowest BCUT2D eigenvalue weighted by Crippen LogP contribution is -2.48. The van der Waals surface area contributed by atoms with Crippen molar-refractivity contribution in [1.29, 1.82) is 0 Å². The second kappa shape index (κ2) is 18.2. The summed E-state index contributed by atoms with van der Waals surface area (Å²) >= 11 is 8.82. The molecule has 35 heavy (non-hydrogen) atoms. The van der Waals surface area contributed by atoms with Crippen molar-refractivity contribution >= 4 is 58.4 Å². The number of hydrogen-bond acceptors (Lipinski definition) is 5. The number of benzene rings is 2. The first-order valence-electron chi connectivity index (χ1n) is 11.8. The van der Waals surface area contributed by atoms with Gasteiger partial charge in [0.1, 0.15) is 0 Å². The molecule has 2 saturated heterocycles. The Morgan fingerprint density at radius 3 is 1.51 bits per heavy atom. The van der Waals surface area contributed by atoms with Crippen LogP contribution in [0, 0.1) is 0 Å². The predicted molar refractivity (Wildman–Crippen MR) is 154 cm³/mol. The van der Waals surface area contributed by atoms with Gasteiger partial charge < -0.3 is 10.2 Å². The number of piperazine rings is 2. The van der Waals surface area contributed by atoms with E-state index in [9.17, 15) is 9.59 Å². The first kappa shape index (κ1) is 30.1. The fraction of sp³-hybridized carbons (Fsp3) is 0.462. The normalized spacial score (nSPS) is 16.4. The third-order valence-corrected chi connectivity index (χ3v) is 7.67. The lowest BCUT2D eigenvalue weighted by Gasteiger charge is -2.34. The first-order valence-corrected chi connectivity index (χ1v) is 14.9. The van der Waals surface area contributed by atoms with E-state index in [1.165, 1.54) is 24.2 Å². The highest BCUT2D eigenvalue weighted by molar-refractivity contribution is 9.19. The lowest BCUT2D eigenvalue weighted by atomic mass is 10.2. The summed E-state index contributed by atoms with van der Waals surface area (Å²) in [5.41, 5.74) is 2.76. The quantitative estimate of drug-likeness (QED) is 0.369. The number of halogens is 3. The Labute approximate surface area is 234 Å². The third kappa shape index (κ3) is 13.1. The maximum Gasteiger partial charge on any atom is 0.233 e. The Morgan fingerprint density at radius 1 is 0.686 bits per heavy atom. The van der Waals surface area contributed by atoms with Crippen molar-refractivity contribution < 1.29 is 9.59 Å². The number of carbonyl (C=O) groups excluding carboxylic acids is 2. The monoisotopic (exact) mass is 672 g/mol. The average Bonchev–Trinajstić information content (AvgIpc) is 2.91. The van der Waals surface area contributed by atoms with Crippen molar-refractivity contribution in [2.75, 3.05) is 63.0 Å². The maximum absolute atomic E-state index is 11.5. The molecule has 1 N–H and O–H groups in total. The Hall–Kier alpha value is -1.10. The van der Waals surface area contributed by atoms with E-state index in [2.05, 4.69) is 118 Å². The van der Waals surface area contributed by atoms with Gasteiger partial charge in [-0.25, -0.2) is 0 Å². The summed E-state index contributed by atoms with van der Waals surface area (Å²) in [6.07, 6.45) is 0. The van der Waals surface area contributed by atoms with Gasteiger partial charge in [-0.15, -0.1) is 0 Å². The van der Waals surface area contributed by atoms with Crippen LogP contribution in [0.1, 0.15) is 11.1 Å². The second-order valence-electron chi connectivity index (χ2n) is 8.28. The second-order valence-corrected chi connectivity index (χ2v) is 10.3. The minimum Gasteiger partial charge on any atom is -0.339 e. The van der Waals surface area contributed by atoms with Gasteiger partial charge in [-0.1, -0.05) is 92.5 Å². The van der Waals surface area contributed by atoms with E-state index in [1.54, 1.807) is 0 Å². The van der Waals surface area contributed by atoms with Crippen LogP contribution >= 0.6 is 47.8 Å². The SMILES string of the molecule is O=C(Br)CBr.O=C(CBr)N1CCN(Cc2ccccc2)CC1.c1ccc(CN2CCNCC2)cc1. The number of hydrogen-bond donors (Lipinski definition) is 1. The fourth-order valence-corrected chi connectivity index (χ4v) is 4.15. The van der Waals surface area contributed by atoms with Crippen LogP contribution in [0.3, 0.4) is 0 Å². The Bertz CT molecular complexity index is 844. The molecule has 2 aliphatic heterocycles. The smallest absolute Gasteiger partial charge is 0.233 e. The van der Waals surface area contributed by atoms with E-state index in [0.717, 1.165) is 52.4 Å². The zero-order chi connectivity index (χ0) is 25.3. The summed E-state index contributed by atoms with van der Waals surface area (Å²) in [6.45, 7) is 10.3. The molecule has 0 aliphatic carbocycles. The number of amides is 1. The van der Waals surface area contributed by atoms with Crippen molar-refractivity contribution in [2.45, 2.75) is 13.1 Å². The number of nitrogens with one attached hydrogen (secondary N) is 1. The molecule has 2 heterocycles. The van der Waals surface area contributed by atoms with Crippen LogP contribution < -0.4 is 5.32 Å². The molecule has 2 aliphatic rings. The van der Waals surface area contributed by atoms with Gasteiger partial charge in [0.25, 0.3) is 0 Å². The van der Waals surface area contributed by atoms with Gasteiger partial charge in [0, 0.05) is 65.4 Å². The molecule has 192 valence electrons. The summed E-state index contributed by atoms with van der Waals surface area (Å²) in [6, 6.07) is 21.2. The number of nitrogens with zero attached hydrogens (tertiary/aromatic N) is 3. The van der Waals surface area contributed by atoms with E-state index in [1.807, 2.05) is 11.0 Å². The predicted octanol–water partition coefficient (Wildman–Crippen LogP) is 4.12. The minimum atomic E-state index is -0.0162. The third-order valence-electron chi connectivity index (χ3n) is 5.65. The molecule has 0 radical (unpaired) electrons. The Balaban J connectivity index is 0.000000212. The van der Waals surface area contributed by atoms with Crippen LogP contribution in [0.5, 0.6) is 0 Å². The van der Waals surface area contributed by atoms with Crippen LogP contribution in [0.4, 0.5) is 0 Å². The molecule has 4 rings (SSSR count). The molecule has 2 aromatic carbocycles. The van der Waals surface area contributed by atoms with Crippen LogP contribution in [0.15, 0.2) is 60.7 Å². The van der Waals surface area contributed by atoms with Gasteiger partial charge >= 0.3 is 0 Å². The summed E-state index contributed by atoms with van der Waals surface area (Å²) < 4.78 is -0.0162. The Morgan fingerprint density at radius 2 is 1.11 bits per heavy atom. The molecular formula is C26H35Br3N4O2. The van der Waals surface area contributed by atoms with Crippen LogP contribution in [0.2, 0.25) is 0 Å². The molecule has 0 unspecified atom stereocenters. The molecule has 1 amide bonds. The molecule has 6 nitrogen and oxygen atoms in total. The summed E-state index contributed by atoms with van der Waals surface area (Å²) in [7, 11) is 0. The fourth-order valence-electron chi connectivity index (χ4n) is 3.79. The zero-order valence-corrected chi connectivity index (χ0v) is 24.8. The highest BCUT2D eigenvalue weighted by Crippen LogP contribution is 2.09. The average molecular weight is 675 g/mol. The van der Waals surface area contributed by atoms with E-state index in [4.69, 9.17) is 0 Å². The molecule has 2 fully saturated rings. The van der Waals surface area contributed by atoms with Crippen molar-refractivity contribution in [3.63, 3.8) is 0 Å². The van der Waals surface area contributed by atoms with Crippen molar-refractivity contribution in [3.05, 3.63) is 71.8 Å². The molecule has 0 aromatic heterocycles. The maximum atomic E-state index is 11.5. The Kier molecular flexibility index (Phi) is 15.7. The first-order chi connectivity index (χ1) is 17.0. The standard InChI is InChI=1S/C13H17BrN2O.C11H16N2.C2H2Br2O/c14-10-13(17)16-8-6-15(7-9-16)11-12-4-2-1-3-5-12;1-2-4-11(5-3-1)10-13-8-6-12-7-9-13;3-1-2(4)5/h1-5H,6-11H2;1-5,12H,6-10H2;1H2. The summed E-state index contributed by atoms with van der Waals surface area (Å²) in [5, 5.41) is 4.19. The van der Waals surface area contributed by atoms with Crippen molar-refractivity contribution in [2.24, 2.45) is 0 Å². The molecule has 2 aromatic rings. The van der Waals surface area contributed by atoms with E-state index < -0.39 is 0 Å². The van der Waals surface area contributed by atoms with E-state index in [-0.39, 0.29) is 10.6 Å². The van der Waals surface area contributed by atoms with Crippen molar-refractivity contribution in [3.8, 4) is 0 Å². The topological polar surface area (TPSA) is 55.9 Å². The largest absolute Gasteiger partial charge is 0.339 e. The highest BCUT2D eigenvalue weighted by atomic mass is 79.9. The molecule has 0 saturated carbocycles. The number of carbonyl (C=O) groups is 2. The van der Waals surface area contributed by atoms with Gasteiger partial charge in [-0.2, -0.15) is 0 Å². The number of alkyl halides is 2. The van der Waals surface area contributed by atoms with Crippen LogP contribution in [-0.2, 0) is 22.7 Å². The van der Waals surface area contributed by atoms with Gasteiger partial charge in [0.15, 0.2) is 0 Å².